The molecular weight excluding hydrogens is 388 g/mol. The van der Waals surface area contributed by atoms with E-state index < -0.39 is 10.0 Å². The van der Waals surface area contributed by atoms with E-state index in [1.165, 1.54) is 4.31 Å². The predicted molar refractivity (Wildman–Crippen MR) is 112 cm³/mol. The molecule has 1 aromatic carbocycles. The third-order valence-corrected chi connectivity index (χ3v) is 7.30. The smallest absolute Gasteiger partial charge is 0.243 e. The minimum absolute atomic E-state index is 0.0272. The van der Waals surface area contributed by atoms with Crippen molar-refractivity contribution in [1.29, 1.82) is 0 Å². The van der Waals surface area contributed by atoms with Crippen LogP contribution >= 0.6 is 0 Å². The van der Waals surface area contributed by atoms with Crippen molar-refractivity contribution >= 4 is 15.9 Å². The average molecular weight is 419 g/mol. The molecule has 3 rings (SSSR count). The Kier molecular flexibility index (Phi) is 5.87. The minimum Gasteiger partial charge on any atom is -0.349 e. The molecule has 0 saturated carbocycles. The first-order chi connectivity index (χ1) is 13.5. The SMILES string of the molecule is CCC(=O)NCc1nc2c(n1C)CN(S(=O)(=O)c1ccc(C(C)(C)C)cc1)CC2. The summed E-state index contributed by atoms with van der Waals surface area (Å²) < 4.78 is 29.7. The molecule has 0 saturated heterocycles. The van der Waals surface area contributed by atoms with E-state index in [0.717, 1.165) is 22.8 Å². The zero-order valence-corrected chi connectivity index (χ0v) is 18.6. The lowest BCUT2D eigenvalue weighted by molar-refractivity contribution is -0.120. The molecule has 8 heteroatoms. The zero-order chi connectivity index (χ0) is 21.4. The summed E-state index contributed by atoms with van der Waals surface area (Å²) in [6, 6.07) is 7.17. The second-order valence-corrected chi connectivity index (χ2v) is 10.4. The molecule has 1 amide bonds. The minimum atomic E-state index is -3.58. The van der Waals surface area contributed by atoms with Crippen LogP contribution in [-0.4, -0.2) is 34.7 Å². The van der Waals surface area contributed by atoms with Gasteiger partial charge in [0.15, 0.2) is 0 Å². The Bertz CT molecular complexity index is 1000. The highest BCUT2D eigenvalue weighted by Crippen LogP contribution is 2.28. The fraction of sp³-hybridized carbons (Fsp3) is 0.524. The summed E-state index contributed by atoms with van der Waals surface area (Å²) in [6.45, 7) is 9.13. The number of hydrogen-bond acceptors (Lipinski definition) is 4. The number of imidazole rings is 1. The van der Waals surface area contributed by atoms with Gasteiger partial charge in [0, 0.05) is 26.4 Å². The van der Waals surface area contributed by atoms with E-state index in [-0.39, 0.29) is 17.9 Å². The first-order valence-electron chi connectivity index (χ1n) is 9.94. The summed E-state index contributed by atoms with van der Waals surface area (Å²) in [5, 5.41) is 2.83. The van der Waals surface area contributed by atoms with Gasteiger partial charge in [0.05, 0.1) is 29.4 Å². The largest absolute Gasteiger partial charge is 0.349 e. The van der Waals surface area contributed by atoms with Gasteiger partial charge in [0.2, 0.25) is 15.9 Å². The van der Waals surface area contributed by atoms with Gasteiger partial charge in [-0.05, 0) is 23.1 Å². The van der Waals surface area contributed by atoms with E-state index >= 15 is 0 Å². The van der Waals surface area contributed by atoms with Crippen LogP contribution < -0.4 is 5.32 Å². The van der Waals surface area contributed by atoms with E-state index in [1.807, 2.05) is 23.7 Å². The summed E-state index contributed by atoms with van der Waals surface area (Å²) in [5.74, 6) is 0.708. The van der Waals surface area contributed by atoms with Crippen LogP contribution in [0.25, 0.3) is 0 Å². The molecule has 1 aliphatic heterocycles. The van der Waals surface area contributed by atoms with Crippen molar-refractivity contribution in [3.63, 3.8) is 0 Å². The van der Waals surface area contributed by atoms with Crippen molar-refractivity contribution < 1.29 is 13.2 Å². The van der Waals surface area contributed by atoms with Crippen molar-refractivity contribution in [3.8, 4) is 0 Å². The van der Waals surface area contributed by atoms with Crippen LogP contribution in [0.4, 0.5) is 0 Å². The van der Waals surface area contributed by atoms with Crippen molar-refractivity contribution in [2.24, 2.45) is 7.05 Å². The molecule has 0 spiro atoms. The number of fused-ring (bicyclic) bond motifs is 1. The number of benzene rings is 1. The number of nitrogens with zero attached hydrogens (tertiary/aromatic N) is 3. The lowest BCUT2D eigenvalue weighted by atomic mass is 9.87. The topological polar surface area (TPSA) is 84.3 Å². The van der Waals surface area contributed by atoms with Gasteiger partial charge < -0.3 is 9.88 Å². The van der Waals surface area contributed by atoms with Crippen LogP contribution in [0.2, 0.25) is 0 Å². The van der Waals surface area contributed by atoms with Crippen molar-refractivity contribution in [3.05, 3.63) is 47.0 Å². The lowest BCUT2D eigenvalue weighted by Crippen LogP contribution is -2.36. The second kappa shape index (κ2) is 7.91. The number of carbonyl (C=O) groups excluding carboxylic acids is 1. The Labute approximate surface area is 173 Å². The van der Waals surface area contributed by atoms with Crippen LogP contribution in [0.1, 0.15) is 56.9 Å². The Morgan fingerprint density at radius 1 is 1.21 bits per heavy atom. The molecule has 0 unspecified atom stereocenters. The molecule has 2 aromatic rings. The lowest BCUT2D eigenvalue weighted by Gasteiger charge is -2.27. The van der Waals surface area contributed by atoms with Gasteiger partial charge in [0.25, 0.3) is 0 Å². The fourth-order valence-corrected chi connectivity index (χ4v) is 4.86. The number of amides is 1. The highest BCUT2D eigenvalue weighted by molar-refractivity contribution is 7.89. The number of nitrogens with one attached hydrogen (secondary N) is 1. The summed E-state index contributed by atoms with van der Waals surface area (Å²) in [4.78, 5) is 16.5. The summed E-state index contributed by atoms with van der Waals surface area (Å²) >= 11 is 0. The molecule has 1 aromatic heterocycles. The van der Waals surface area contributed by atoms with Gasteiger partial charge in [-0.1, -0.05) is 39.8 Å². The van der Waals surface area contributed by atoms with E-state index in [0.29, 0.717) is 30.8 Å². The van der Waals surface area contributed by atoms with Crippen LogP contribution in [0.5, 0.6) is 0 Å². The first kappa shape index (κ1) is 21.5. The zero-order valence-electron chi connectivity index (χ0n) is 17.8. The molecule has 29 heavy (non-hydrogen) atoms. The molecule has 158 valence electrons. The first-order valence-corrected chi connectivity index (χ1v) is 11.4. The molecule has 7 nitrogen and oxygen atoms in total. The Morgan fingerprint density at radius 3 is 2.45 bits per heavy atom. The Balaban J connectivity index is 1.81. The van der Waals surface area contributed by atoms with E-state index in [1.54, 1.807) is 19.1 Å². The number of carbonyl (C=O) groups is 1. The van der Waals surface area contributed by atoms with E-state index in [2.05, 4.69) is 31.1 Å². The maximum absolute atomic E-state index is 13.2. The van der Waals surface area contributed by atoms with Crippen LogP contribution in [0, 0.1) is 0 Å². The molecule has 0 aliphatic carbocycles. The highest BCUT2D eigenvalue weighted by Gasteiger charge is 2.31. The summed E-state index contributed by atoms with van der Waals surface area (Å²) in [6.07, 6.45) is 0.981. The molecule has 0 bridgehead atoms. The summed E-state index contributed by atoms with van der Waals surface area (Å²) in [5.41, 5.74) is 2.86. The van der Waals surface area contributed by atoms with Crippen LogP contribution in [0.15, 0.2) is 29.2 Å². The number of rotatable bonds is 5. The second-order valence-electron chi connectivity index (χ2n) is 8.47. The Morgan fingerprint density at radius 2 is 1.86 bits per heavy atom. The van der Waals surface area contributed by atoms with E-state index in [9.17, 15) is 13.2 Å². The fourth-order valence-electron chi connectivity index (χ4n) is 3.46. The standard InChI is InChI=1S/C21H30N4O3S/c1-6-20(26)22-13-19-23-17-11-12-25(14-18(17)24(19)5)29(27,28)16-9-7-15(8-10-16)21(2,3)4/h7-10H,6,11-14H2,1-5H3,(H,22,26). The number of aromatic nitrogens is 2. The van der Waals surface area contributed by atoms with Gasteiger partial charge in [0.1, 0.15) is 5.82 Å². The van der Waals surface area contributed by atoms with Gasteiger partial charge in [-0.15, -0.1) is 0 Å². The molecule has 0 atom stereocenters. The van der Waals surface area contributed by atoms with Gasteiger partial charge in [-0.2, -0.15) is 4.31 Å². The monoisotopic (exact) mass is 418 g/mol. The normalized spacial score (nSPS) is 15.2. The maximum atomic E-state index is 13.2. The molecular formula is C21H30N4O3S. The van der Waals surface area contributed by atoms with Gasteiger partial charge >= 0.3 is 0 Å². The maximum Gasteiger partial charge on any atom is 0.243 e. The summed E-state index contributed by atoms with van der Waals surface area (Å²) in [7, 11) is -1.71. The van der Waals surface area contributed by atoms with Crippen LogP contribution in [0.3, 0.4) is 0 Å². The molecule has 0 fully saturated rings. The third-order valence-electron chi connectivity index (χ3n) is 5.44. The van der Waals surface area contributed by atoms with Crippen molar-refractivity contribution in [1.82, 2.24) is 19.2 Å². The third kappa shape index (κ3) is 4.38. The highest BCUT2D eigenvalue weighted by atomic mass is 32.2. The van der Waals surface area contributed by atoms with Crippen molar-refractivity contribution in [2.75, 3.05) is 6.54 Å². The molecule has 1 aliphatic rings. The van der Waals surface area contributed by atoms with E-state index in [4.69, 9.17) is 0 Å². The predicted octanol–water partition coefficient (Wildman–Crippen LogP) is 2.49. The van der Waals surface area contributed by atoms with Crippen molar-refractivity contribution in [2.45, 2.75) is 63.9 Å². The Hall–Kier alpha value is -2.19. The molecule has 0 radical (unpaired) electrons. The molecule has 1 N–H and O–H groups in total. The van der Waals surface area contributed by atoms with Crippen LogP contribution in [-0.2, 0) is 46.8 Å². The average Bonchev–Trinajstić information content (AvgIpc) is 3.00. The number of hydrogen-bond donors (Lipinski definition) is 1. The van der Waals surface area contributed by atoms with Gasteiger partial charge in [-0.3, -0.25) is 4.79 Å². The quantitative estimate of drug-likeness (QED) is 0.809. The number of sulfonamides is 1. The van der Waals surface area contributed by atoms with Gasteiger partial charge in [-0.25, -0.2) is 13.4 Å². The molecule has 2 heterocycles.